The van der Waals surface area contributed by atoms with Gasteiger partial charge in [-0.1, -0.05) is 13.8 Å². The first-order valence-electron chi connectivity index (χ1n) is 6.39. The van der Waals surface area contributed by atoms with E-state index in [0.717, 1.165) is 19.4 Å². The number of nitrogens with one attached hydrogen (secondary N) is 1. The smallest absolute Gasteiger partial charge is 0.225 e. The molecule has 0 aromatic rings. The first kappa shape index (κ1) is 13.5. The summed E-state index contributed by atoms with van der Waals surface area (Å²) in [5, 5.41) is 3.34. The zero-order valence-corrected chi connectivity index (χ0v) is 11.3. The fourth-order valence-electron chi connectivity index (χ4n) is 2.44. The Balaban J connectivity index is 2.83. The van der Waals surface area contributed by atoms with Crippen molar-refractivity contribution in [1.29, 1.82) is 0 Å². The van der Waals surface area contributed by atoms with Gasteiger partial charge in [-0.25, -0.2) is 0 Å². The molecule has 0 radical (unpaired) electrons. The molecule has 1 N–H and O–H groups in total. The number of likely N-dealkylation sites (tertiary alicyclic amines) is 1. The van der Waals surface area contributed by atoms with Gasteiger partial charge < -0.3 is 10.2 Å². The minimum absolute atomic E-state index is 0.00493. The standard InChI is InChI=1S/C13H26N2O/c1-10(2)12(16)15-9-7-6-8-11(15)13(3,4)14-5/h10-11,14H,6-9H2,1-5H3. The molecule has 0 bridgehead atoms. The maximum Gasteiger partial charge on any atom is 0.225 e. The highest BCUT2D eigenvalue weighted by Gasteiger charge is 2.37. The third-order valence-electron chi connectivity index (χ3n) is 3.76. The van der Waals surface area contributed by atoms with Crippen LogP contribution in [0.25, 0.3) is 0 Å². The molecule has 0 spiro atoms. The highest BCUT2D eigenvalue weighted by Crippen LogP contribution is 2.27. The first-order chi connectivity index (χ1) is 7.40. The van der Waals surface area contributed by atoms with Crippen LogP contribution in [0.5, 0.6) is 0 Å². The SMILES string of the molecule is CNC(C)(C)C1CCCCN1C(=O)C(C)C. The summed E-state index contributed by atoms with van der Waals surface area (Å²) < 4.78 is 0. The topological polar surface area (TPSA) is 32.3 Å². The van der Waals surface area contributed by atoms with Gasteiger partial charge in [-0.05, 0) is 40.2 Å². The van der Waals surface area contributed by atoms with Crippen molar-refractivity contribution in [2.75, 3.05) is 13.6 Å². The monoisotopic (exact) mass is 226 g/mol. The Morgan fingerprint density at radius 3 is 2.50 bits per heavy atom. The molecule has 0 saturated carbocycles. The van der Waals surface area contributed by atoms with Crippen LogP contribution in [0.3, 0.4) is 0 Å². The summed E-state index contributed by atoms with van der Waals surface area (Å²) in [6.45, 7) is 9.26. The van der Waals surface area contributed by atoms with Gasteiger partial charge in [0.2, 0.25) is 5.91 Å². The number of hydrogen-bond acceptors (Lipinski definition) is 2. The third-order valence-corrected chi connectivity index (χ3v) is 3.76. The number of carbonyl (C=O) groups excluding carboxylic acids is 1. The van der Waals surface area contributed by atoms with Gasteiger partial charge in [0.25, 0.3) is 0 Å². The van der Waals surface area contributed by atoms with Gasteiger partial charge in [-0.2, -0.15) is 0 Å². The van der Waals surface area contributed by atoms with E-state index in [1.54, 1.807) is 0 Å². The summed E-state index contributed by atoms with van der Waals surface area (Å²) in [4.78, 5) is 14.3. The van der Waals surface area contributed by atoms with Gasteiger partial charge in [0.15, 0.2) is 0 Å². The lowest BCUT2D eigenvalue weighted by molar-refractivity contribution is -0.140. The minimum Gasteiger partial charge on any atom is -0.338 e. The van der Waals surface area contributed by atoms with E-state index in [4.69, 9.17) is 0 Å². The summed E-state index contributed by atoms with van der Waals surface area (Å²) >= 11 is 0. The number of piperidine rings is 1. The van der Waals surface area contributed by atoms with Crippen molar-refractivity contribution in [3.8, 4) is 0 Å². The first-order valence-corrected chi connectivity index (χ1v) is 6.39. The molecule has 3 nitrogen and oxygen atoms in total. The predicted molar refractivity (Wildman–Crippen MR) is 67.3 cm³/mol. The summed E-state index contributed by atoms with van der Waals surface area (Å²) in [7, 11) is 1.98. The number of likely N-dealkylation sites (N-methyl/N-ethyl adjacent to an activating group) is 1. The van der Waals surface area contributed by atoms with Crippen molar-refractivity contribution < 1.29 is 4.79 Å². The predicted octanol–water partition coefficient (Wildman–Crippen LogP) is 2.02. The molecule has 0 aromatic heterocycles. The van der Waals surface area contributed by atoms with Gasteiger partial charge in [0.1, 0.15) is 0 Å². The van der Waals surface area contributed by atoms with E-state index in [1.165, 1.54) is 6.42 Å². The van der Waals surface area contributed by atoms with E-state index in [1.807, 2.05) is 20.9 Å². The Hall–Kier alpha value is -0.570. The maximum atomic E-state index is 12.2. The van der Waals surface area contributed by atoms with Gasteiger partial charge in [-0.15, -0.1) is 0 Å². The highest BCUT2D eigenvalue weighted by molar-refractivity contribution is 5.78. The van der Waals surface area contributed by atoms with Gasteiger partial charge in [0, 0.05) is 24.0 Å². The Kier molecular flexibility index (Phi) is 4.36. The van der Waals surface area contributed by atoms with Gasteiger partial charge in [0.05, 0.1) is 0 Å². The fraction of sp³-hybridized carbons (Fsp3) is 0.923. The van der Waals surface area contributed by atoms with Crippen LogP contribution in [0.4, 0.5) is 0 Å². The van der Waals surface area contributed by atoms with Crippen molar-refractivity contribution in [2.24, 2.45) is 5.92 Å². The lowest BCUT2D eigenvalue weighted by Crippen LogP contribution is -2.60. The van der Waals surface area contributed by atoms with Crippen LogP contribution in [-0.4, -0.2) is 36.0 Å². The number of carbonyl (C=O) groups is 1. The molecular formula is C13H26N2O. The van der Waals surface area contributed by atoms with E-state index in [0.29, 0.717) is 11.9 Å². The quantitative estimate of drug-likeness (QED) is 0.798. The van der Waals surface area contributed by atoms with E-state index in [2.05, 4.69) is 24.1 Å². The summed E-state index contributed by atoms with van der Waals surface area (Å²) in [6, 6.07) is 0.334. The second-order valence-electron chi connectivity index (χ2n) is 5.67. The van der Waals surface area contributed by atoms with Crippen LogP contribution in [0.2, 0.25) is 0 Å². The number of rotatable bonds is 3. The third kappa shape index (κ3) is 2.76. The normalized spacial score (nSPS) is 22.6. The molecule has 16 heavy (non-hydrogen) atoms. The average Bonchev–Trinajstić information content (AvgIpc) is 2.28. The molecule has 0 aromatic carbocycles. The second-order valence-corrected chi connectivity index (χ2v) is 5.67. The number of amides is 1. The van der Waals surface area contributed by atoms with Crippen LogP contribution >= 0.6 is 0 Å². The molecule has 1 rings (SSSR count). The van der Waals surface area contributed by atoms with E-state index in [-0.39, 0.29) is 11.5 Å². The lowest BCUT2D eigenvalue weighted by atomic mass is 9.85. The molecule has 94 valence electrons. The van der Waals surface area contributed by atoms with Gasteiger partial charge >= 0.3 is 0 Å². The molecule has 0 aliphatic carbocycles. The zero-order chi connectivity index (χ0) is 12.3. The zero-order valence-electron chi connectivity index (χ0n) is 11.3. The molecule has 1 aliphatic rings. The van der Waals surface area contributed by atoms with Crippen LogP contribution in [0.15, 0.2) is 0 Å². The van der Waals surface area contributed by atoms with Crippen molar-refractivity contribution in [3.63, 3.8) is 0 Å². The van der Waals surface area contributed by atoms with Crippen molar-refractivity contribution in [1.82, 2.24) is 10.2 Å². The molecule has 1 saturated heterocycles. The minimum atomic E-state index is 0.00493. The van der Waals surface area contributed by atoms with E-state index in [9.17, 15) is 4.79 Å². The molecule has 1 fully saturated rings. The fourth-order valence-corrected chi connectivity index (χ4v) is 2.44. The van der Waals surface area contributed by atoms with Crippen LogP contribution in [0, 0.1) is 5.92 Å². The Bertz CT molecular complexity index is 248. The molecular weight excluding hydrogens is 200 g/mol. The molecule has 1 aliphatic heterocycles. The van der Waals surface area contributed by atoms with Crippen molar-refractivity contribution >= 4 is 5.91 Å². The van der Waals surface area contributed by atoms with Crippen molar-refractivity contribution in [2.45, 2.75) is 58.5 Å². The molecule has 3 heteroatoms. The second kappa shape index (κ2) is 5.17. The summed E-state index contributed by atoms with van der Waals surface area (Å²) in [5.41, 5.74) is 0.00493. The summed E-state index contributed by atoms with van der Waals surface area (Å²) in [6.07, 6.45) is 3.50. The highest BCUT2D eigenvalue weighted by atomic mass is 16.2. The Morgan fingerprint density at radius 2 is 2.00 bits per heavy atom. The van der Waals surface area contributed by atoms with Crippen molar-refractivity contribution in [3.05, 3.63) is 0 Å². The molecule has 1 heterocycles. The maximum absolute atomic E-state index is 12.2. The molecule has 1 amide bonds. The molecule has 1 unspecified atom stereocenters. The summed E-state index contributed by atoms with van der Waals surface area (Å²) in [5.74, 6) is 0.404. The number of hydrogen-bond donors (Lipinski definition) is 1. The van der Waals surface area contributed by atoms with E-state index >= 15 is 0 Å². The van der Waals surface area contributed by atoms with Crippen LogP contribution in [-0.2, 0) is 4.79 Å². The Morgan fingerprint density at radius 1 is 1.38 bits per heavy atom. The van der Waals surface area contributed by atoms with Crippen LogP contribution in [0.1, 0.15) is 47.0 Å². The largest absolute Gasteiger partial charge is 0.338 e. The lowest BCUT2D eigenvalue weighted by Gasteiger charge is -2.45. The average molecular weight is 226 g/mol. The van der Waals surface area contributed by atoms with Gasteiger partial charge in [-0.3, -0.25) is 4.79 Å². The Labute approximate surface area is 99.6 Å². The molecule has 1 atom stereocenters. The van der Waals surface area contributed by atoms with Crippen LogP contribution < -0.4 is 5.32 Å². The van der Waals surface area contributed by atoms with E-state index < -0.39 is 0 Å². The number of nitrogens with zero attached hydrogens (tertiary/aromatic N) is 1.